The van der Waals surface area contributed by atoms with Gasteiger partial charge in [0.15, 0.2) is 28.8 Å². The lowest BCUT2D eigenvalue weighted by atomic mass is 10.0. The van der Waals surface area contributed by atoms with Crippen LogP contribution in [0.4, 0.5) is 4.39 Å². The third-order valence-electron chi connectivity index (χ3n) is 7.18. The Kier molecular flexibility index (Phi) is 10.2. The summed E-state index contributed by atoms with van der Waals surface area (Å²) in [6.45, 7) is 3.26. The van der Waals surface area contributed by atoms with E-state index in [4.69, 9.17) is 29.2 Å². The van der Waals surface area contributed by atoms with Crippen LogP contribution in [0.15, 0.2) is 18.2 Å². The third-order valence-corrected chi connectivity index (χ3v) is 8.30. The molecule has 3 aromatic rings. The maximum atomic E-state index is 15.5. The van der Waals surface area contributed by atoms with Crippen molar-refractivity contribution in [3.63, 3.8) is 0 Å². The van der Waals surface area contributed by atoms with Crippen molar-refractivity contribution >= 4 is 45.2 Å². The zero-order chi connectivity index (χ0) is 32.1. The second-order valence-electron chi connectivity index (χ2n) is 10.5. The number of halogens is 1. The standard InChI is InChI=1S/C30H33FN2O10S/c1-15(29(36)37)8-20(34)24-11-19-23(44-24)12-22(41-4)28(32-19)43-7-5-6-42-27-21(40-3)10-17-13-33(14-18(17)26(27)31)25(35)9-16(2)30(38)39/h10-12,15-16H,5-9,13-14H2,1-4H3,(H,36,37)(H,38,39). The molecule has 1 aliphatic heterocycles. The largest absolute Gasteiger partial charge is 0.493 e. The second-order valence-corrected chi connectivity index (χ2v) is 11.5. The molecule has 12 nitrogen and oxygen atoms in total. The number of benzene rings is 1. The number of carboxylic acids is 2. The van der Waals surface area contributed by atoms with Crippen LogP contribution in [0, 0.1) is 17.7 Å². The van der Waals surface area contributed by atoms with Crippen LogP contribution in [0.1, 0.15) is 53.9 Å². The van der Waals surface area contributed by atoms with Gasteiger partial charge in [-0.05, 0) is 17.7 Å². The number of methoxy groups -OCH3 is 2. The molecule has 3 heterocycles. The van der Waals surface area contributed by atoms with Crippen molar-refractivity contribution in [2.24, 2.45) is 11.8 Å². The smallest absolute Gasteiger partial charge is 0.306 e. The Balaban J connectivity index is 1.37. The molecule has 236 valence electrons. The topological polar surface area (TPSA) is 162 Å². The Labute approximate surface area is 256 Å². The Bertz CT molecular complexity index is 1590. The van der Waals surface area contributed by atoms with Crippen LogP contribution in [0.3, 0.4) is 0 Å². The number of carbonyl (C=O) groups is 4. The van der Waals surface area contributed by atoms with Gasteiger partial charge in [0.25, 0.3) is 5.88 Å². The Morgan fingerprint density at radius 3 is 2.27 bits per heavy atom. The lowest BCUT2D eigenvalue weighted by Crippen LogP contribution is -2.28. The van der Waals surface area contributed by atoms with Gasteiger partial charge in [-0.25, -0.2) is 9.37 Å². The molecule has 0 aliphatic carbocycles. The number of fused-ring (bicyclic) bond motifs is 2. The number of nitrogens with zero attached hydrogens (tertiary/aromatic N) is 2. The second kappa shape index (κ2) is 13.9. The number of Topliss-reactive ketones (excluding diaryl/α,β-unsaturated/α-hetero) is 1. The highest BCUT2D eigenvalue weighted by atomic mass is 32.1. The highest BCUT2D eigenvalue weighted by Gasteiger charge is 2.31. The van der Waals surface area contributed by atoms with E-state index in [0.29, 0.717) is 38.4 Å². The van der Waals surface area contributed by atoms with Crippen molar-refractivity contribution in [2.45, 2.75) is 46.2 Å². The number of carboxylic acid groups (broad SMARTS) is 2. The molecule has 0 fully saturated rings. The van der Waals surface area contributed by atoms with Gasteiger partial charge in [0.05, 0.1) is 54.4 Å². The van der Waals surface area contributed by atoms with E-state index in [2.05, 4.69) is 4.98 Å². The number of carbonyl (C=O) groups excluding carboxylic acids is 2. The first-order valence-electron chi connectivity index (χ1n) is 13.8. The van der Waals surface area contributed by atoms with Gasteiger partial charge in [0.1, 0.15) is 0 Å². The number of ketones is 1. The summed E-state index contributed by atoms with van der Waals surface area (Å²) in [7, 11) is 2.84. The van der Waals surface area contributed by atoms with Crippen LogP contribution in [-0.2, 0) is 27.5 Å². The zero-order valence-corrected chi connectivity index (χ0v) is 25.5. The normalized spacial score (nSPS) is 13.7. The number of hydrogen-bond acceptors (Lipinski definition) is 10. The minimum Gasteiger partial charge on any atom is -0.493 e. The number of amides is 1. The molecule has 1 aliphatic rings. The molecule has 44 heavy (non-hydrogen) atoms. The molecule has 2 unspecified atom stereocenters. The zero-order valence-electron chi connectivity index (χ0n) is 24.7. The van der Waals surface area contributed by atoms with Gasteiger partial charge in [0, 0.05) is 44.0 Å². The SMILES string of the molecule is COc1cc2sc(C(=O)CC(C)C(=O)O)cc2nc1OCCCOc1c(OC)cc2c(c1F)CN(C(=O)CC(C)C(=O)O)C2. The van der Waals surface area contributed by atoms with Gasteiger partial charge in [-0.15, -0.1) is 11.3 Å². The van der Waals surface area contributed by atoms with E-state index in [9.17, 15) is 19.2 Å². The van der Waals surface area contributed by atoms with E-state index >= 15 is 4.39 Å². The van der Waals surface area contributed by atoms with Gasteiger partial charge in [-0.1, -0.05) is 13.8 Å². The minimum atomic E-state index is -1.07. The van der Waals surface area contributed by atoms with E-state index in [0.717, 1.165) is 0 Å². The number of aromatic nitrogens is 1. The number of ether oxygens (including phenoxy) is 4. The van der Waals surface area contributed by atoms with Crippen molar-refractivity contribution in [1.29, 1.82) is 0 Å². The summed E-state index contributed by atoms with van der Waals surface area (Å²) in [6, 6.07) is 4.90. The summed E-state index contributed by atoms with van der Waals surface area (Å²) in [5, 5.41) is 18.2. The predicted octanol–water partition coefficient (Wildman–Crippen LogP) is 4.55. The maximum Gasteiger partial charge on any atom is 0.306 e. The first-order chi connectivity index (χ1) is 20.9. The number of pyridine rings is 1. The van der Waals surface area contributed by atoms with Crippen molar-refractivity contribution in [2.75, 3.05) is 27.4 Å². The molecule has 14 heteroatoms. The molecule has 0 bridgehead atoms. The summed E-state index contributed by atoms with van der Waals surface area (Å²) in [4.78, 5) is 53.6. The molecule has 0 radical (unpaired) electrons. The quantitative estimate of drug-likeness (QED) is 0.179. The lowest BCUT2D eigenvalue weighted by molar-refractivity contribution is -0.145. The van der Waals surface area contributed by atoms with Gasteiger partial charge in [-0.2, -0.15) is 0 Å². The highest BCUT2D eigenvalue weighted by Crippen LogP contribution is 2.39. The van der Waals surface area contributed by atoms with Crippen molar-refractivity contribution in [3.8, 4) is 23.1 Å². The fourth-order valence-electron chi connectivity index (χ4n) is 4.59. The molecule has 1 aromatic carbocycles. The Morgan fingerprint density at radius 1 is 0.955 bits per heavy atom. The monoisotopic (exact) mass is 632 g/mol. The maximum absolute atomic E-state index is 15.5. The van der Waals surface area contributed by atoms with Gasteiger partial charge in [0.2, 0.25) is 5.91 Å². The third kappa shape index (κ3) is 7.18. The minimum absolute atomic E-state index is 0.00176. The van der Waals surface area contributed by atoms with Crippen LogP contribution in [-0.4, -0.2) is 71.2 Å². The molecular formula is C30H33FN2O10S. The number of aliphatic carboxylic acids is 2. The molecule has 2 atom stereocenters. The van der Waals surface area contributed by atoms with E-state index in [1.165, 1.54) is 44.3 Å². The Hall–Kier alpha value is -4.46. The number of rotatable bonds is 15. The van der Waals surface area contributed by atoms with Crippen LogP contribution < -0.4 is 18.9 Å². The molecule has 0 spiro atoms. The van der Waals surface area contributed by atoms with Crippen LogP contribution in [0.2, 0.25) is 0 Å². The average molecular weight is 633 g/mol. The molecule has 0 saturated carbocycles. The molecule has 0 saturated heterocycles. The van der Waals surface area contributed by atoms with Gasteiger partial charge < -0.3 is 34.1 Å². The molecule has 1 amide bonds. The predicted molar refractivity (Wildman–Crippen MR) is 156 cm³/mol. The summed E-state index contributed by atoms with van der Waals surface area (Å²) in [5.41, 5.74) is 1.36. The summed E-state index contributed by atoms with van der Waals surface area (Å²) < 4.78 is 38.4. The lowest BCUT2D eigenvalue weighted by Gasteiger charge is -2.16. The summed E-state index contributed by atoms with van der Waals surface area (Å²) >= 11 is 1.19. The Morgan fingerprint density at radius 2 is 1.61 bits per heavy atom. The number of hydrogen-bond donors (Lipinski definition) is 2. The highest BCUT2D eigenvalue weighted by molar-refractivity contribution is 7.20. The fourth-order valence-corrected chi connectivity index (χ4v) is 5.57. The first-order valence-corrected chi connectivity index (χ1v) is 14.6. The summed E-state index contributed by atoms with van der Waals surface area (Å²) in [6.07, 6.45) is 0.0250. The van der Waals surface area contributed by atoms with Crippen LogP contribution in [0.5, 0.6) is 23.1 Å². The molecule has 2 aromatic heterocycles. The van der Waals surface area contributed by atoms with Crippen molar-refractivity contribution in [1.82, 2.24) is 9.88 Å². The summed E-state index contributed by atoms with van der Waals surface area (Å²) in [5.74, 6) is -4.47. The average Bonchev–Trinajstić information content (AvgIpc) is 3.61. The first kappa shape index (κ1) is 32.5. The van der Waals surface area contributed by atoms with E-state index in [1.54, 1.807) is 18.2 Å². The van der Waals surface area contributed by atoms with Crippen LogP contribution in [0.25, 0.3) is 10.2 Å². The molecule has 2 N–H and O–H groups in total. The van der Waals surface area contributed by atoms with Crippen molar-refractivity contribution in [3.05, 3.63) is 40.0 Å². The van der Waals surface area contributed by atoms with Crippen molar-refractivity contribution < 1.29 is 52.7 Å². The van der Waals surface area contributed by atoms with E-state index < -0.39 is 29.6 Å². The van der Waals surface area contributed by atoms with E-state index in [-0.39, 0.29) is 68.2 Å². The molecule has 4 rings (SSSR count). The van der Waals surface area contributed by atoms with Crippen LogP contribution >= 0.6 is 11.3 Å². The molecular weight excluding hydrogens is 599 g/mol. The fraction of sp³-hybridized carbons (Fsp3) is 0.433. The van der Waals surface area contributed by atoms with Gasteiger partial charge >= 0.3 is 11.9 Å². The number of thiophene rings is 1. The van der Waals surface area contributed by atoms with E-state index in [1.807, 2.05) is 0 Å². The van der Waals surface area contributed by atoms with Gasteiger partial charge in [-0.3, -0.25) is 19.2 Å².